The zero-order chi connectivity index (χ0) is 19.2. The lowest BCUT2D eigenvalue weighted by Crippen LogP contribution is -2.33. The van der Waals surface area contributed by atoms with Gasteiger partial charge in [-0.3, -0.25) is 9.59 Å². The van der Waals surface area contributed by atoms with E-state index in [-0.39, 0.29) is 16.9 Å². The van der Waals surface area contributed by atoms with E-state index in [0.29, 0.717) is 30.1 Å². The molecule has 0 spiro atoms. The van der Waals surface area contributed by atoms with Crippen LogP contribution in [-0.2, 0) is 16.6 Å². The molecular formula is C20H17ClF2N2O2. The van der Waals surface area contributed by atoms with Crippen LogP contribution >= 0.6 is 11.6 Å². The highest BCUT2D eigenvalue weighted by atomic mass is 35.5. The number of benzene rings is 2. The molecular weight excluding hydrogens is 374 g/mol. The fourth-order valence-corrected chi connectivity index (χ4v) is 3.90. The number of halogens is 3. The van der Waals surface area contributed by atoms with Gasteiger partial charge in [0, 0.05) is 29.1 Å². The van der Waals surface area contributed by atoms with E-state index in [0.717, 1.165) is 24.0 Å². The third-order valence-electron chi connectivity index (χ3n) is 5.28. The molecule has 0 atom stereocenters. The highest BCUT2D eigenvalue weighted by Crippen LogP contribution is 2.50. The molecule has 0 unspecified atom stereocenters. The van der Waals surface area contributed by atoms with Crippen LogP contribution in [0.2, 0.25) is 5.02 Å². The summed E-state index contributed by atoms with van der Waals surface area (Å²) >= 11 is 6.16. The predicted molar refractivity (Wildman–Crippen MR) is 98.0 cm³/mol. The lowest BCUT2D eigenvalue weighted by Gasteiger charge is -2.20. The molecule has 4 rings (SSSR count). The van der Waals surface area contributed by atoms with E-state index in [1.807, 2.05) is 0 Å². The summed E-state index contributed by atoms with van der Waals surface area (Å²) in [5, 5.41) is 5.72. The number of hydrogen-bond donors (Lipinski definition) is 2. The van der Waals surface area contributed by atoms with Gasteiger partial charge in [-0.05, 0) is 54.7 Å². The van der Waals surface area contributed by atoms with Gasteiger partial charge < -0.3 is 10.6 Å². The Hall–Kier alpha value is -2.47. The van der Waals surface area contributed by atoms with Gasteiger partial charge in [0.05, 0.1) is 5.56 Å². The number of amides is 2. The summed E-state index contributed by atoms with van der Waals surface area (Å²) in [5.74, 6) is -1.77. The van der Waals surface area contributed by atoms with Gasteiger partial charge in [0.15, 0.2) is 0 Å². The maximum atomic E-state index is 14.3. The Morgan fingerprint density at radius 2 is 1.96 bits per heavy atom. The monoisotopic (exact) mass is 390 g/mol. The number of aryl methyl sites for hydroxylation is 1. The fraction of sp³-hybridized carbons (Fsp3) is 0.300. The number of carbonyl (C=O) groups is 2. The Kier molecular flexibility index (Phi) is 4.38. The Morgan fingerprint density at radius 3 is 2.67 bits per heavy atom. The number of hydrogen-bond acceptors (Lipinski definition) is 2. The van der Waals surface area contributed by atoms with Gasteiger partial charge in [0.2, 0.25) is 5.91 Å². The topological polar surface area (TPSA) is 58.2 Å². The van der Waals surface area contributed by atoms with Gasteiger partial charge in [0.25, 0.3) is 5.91 Å². The summed E-state index contributed by atoms with van der Waals surface area (Å²) < 4.78 is 27.6. The van der Waals surface area contributed by atoms with Crippen molar-refractivity contribution >= 4 is 29.1 Å². The van der Waals surface area contributed by atoms with Crippen LogP contribution in [0.4, 0.5) is 14.5 Å². The third-order valence-corrected chi connectivity index (χ3v) is 5.59. The smallest absolute Gasteiger partial charge is 0.254 e. The number of fused-ring (bicyclic) bond motifs is 1. The molecule has 1 fully saturated rings. The van der Waals surface area contributed by atoms with Crippen molar-refractivity contribution in [1.29, 1.82) is 0 Å². The molecule has 1 heterocycles. The zero-order valence-corrected chi connectivity index (χ0v) is 15.1. The lowest BCUT2D eigenvalue weighted by atomic mass is 9.95. The van der Waals surface area contributed by atoms with Gasteiger partial charge >= 0.3 is 0 Å². The Labute approximate surface area is 159 Å². The van der Waals surface area contributed by atoms with Crippen molar-refractivity contribution in [2.75, 3.05) is 11.9 Å². The molecule has 7 heteroatoms. The number of rotatable bonds is 4. The first kappa shape index (κ1) is 17.9. The number of nitrogens with one attached hydrogen (secondary N) is 2. The minimum absolute atomic E-state index is 0.0501. The summed E-state index contributed by atoms with van der Waals surface area (Å²) in [7, 11) is 0. The molecule has 2 N–H and O–H groups in total. The Bertz CT molecular complexity index is 957. The van der Waals surface area contributed by atoms with Crippen molar-refractivity contribution in [3.05, 3.63) is 63.7 Å². The average molecular weight is 391 g/mol. The molecule has 1 aliphatic carbocycles. The van der Waals surface area contributed by atoms with E-state index in [4.69, 9.17) is 11.6 Å². The SMILES string of the molecule is O=C1CCc2cc(C(=O)NCC3(c4ccc(F)cc4Cl)CC3)c(F)cc2N1. The maximum absolute atomic E-state index is 14.3. The van der Waals surface area contributed by atoms with Crippen LogP contribution in [0.3, 0.4) is 0 Å². The molecule has 0 saturated heterocycles. The molecule has 2 aromatic rings. The van der Waals surface area contributed by atoms with E-state index >= 15 is 0 Å². The molecule has 0 aromatic heterocycles. The van der Waals surface area contributed by atoms with Crippen molar-refractivity contribution in [2.24, 2.45) is 0 Å². The third kappa shape index (κ3) is 3.41. The van der Waals surface area contributed by atoms with Crippen LogP contribution in [0, 0.1) is 11.6 Å². The van der Waals surface area contributed by atoms with Gasteiger partial charge in [-0.2, -0.15) is 0 Å². The molecule has 2 aromatic carbocycles. The quantitative estimate of drug-likeness (QED) is 0.830. The second-order valence-corrected chi connectivity index (χ2v) is 7.53. The lowest BCUT2D eigenvalue weighted by molar-refractivity contribution is -0.116. The van der Waals surface area contributed by atoms with Crippen molar-refractivity contribution in [2.45, 2.75) is 31.1 Å². The van der Waals surface area contributed by atoms with Crippen molar-refractivity contribution in [3.63, 3.8) is 0 Å². The van der Waals surface area contributed by atoms with Crippen LogP contribution < -0.4 is 10.6 Å². The van der Waals surface area contributed by atoms with Crippen LogP contribution in [0.15, 0.2) is 30.3 Å². The van der Waals surface area contributed by atoms with E-state index in [1.54, 1.807) is 6.07 Å². The Morgan fingerprint density at radius 1 is 1.19 bits per heavy atom. The van der Waals surface area contributed by atoms with Crippen molar-refractivity contribution in [1.82, 2.24) is 5.32 Å². The second kappa shape index (κ2) is 6.60. The first-order chi connectivity index (χ1) is 12.9. The maximum Gasteiger partial charge on any atom is 0.254 e. The minimum atomic E-state index is -0.682. The largest absolute Gasteiger partial charge is 0.351 e. The average Bonchev–Trinajstić information content (AvgIpc) is 3.40. The van der Waals surface area contributed by atoms with Gasteiger partial charge in [-0.1, -0.05) is 17.7 Å². The normalized spacial score (nSPS) is 17.1. The van der Waals surface area contributed by atoms with Crippen molar-refractivity contribution in [3.8, 4) is 0 Å². The van der Waals surface area contributed by atoms with E-state index < -0.39 is 17.5 Å². The zero-order valence-electron chi connectivity index (χ0n) is 14.4. The highest BCUT2D eigenvalue weighted by molar-refractivity contribution is 6.31. The van der Waals surface area contributed by atoms with E-state index in [9.17, 15) is 18.4 Å². The molecule has 140 valence electrons. The second-order valence-electron chi connectivity index (χ2n) is 7.12. The summed E-state index contributed by atoms with van der Waals surface area (Å²) in [6.07, 6.45) is 2.41. The number of anilines is 1. The van der Waals surface area contributed by atoms with E-state index in [2.05, 4.69) is 10.6 Å². The molecule has 2 amide bonds. The van der Waals surface area contributed by atoms with Crippen LogP contribution in [0.1, 0.15) is 40.7 Å². The standard InChI is InChI=1S/C20H17ClF2N2O2/c21-15-8-12(22)2-3-14(15)20(5-6-20)10-24-19(27)13-7-11-1-4-18(26)25-17(11)9-16(13)23/h2-3,7-9H,1,4-6,10H2,(H,24,27)(H,25,26). The molecule has 0 bridgehead atoms. The first-order valence-corrected chi connectivity index (χ1v) is 9.12. The van der Waals surface area contributed by atoms with Crippen molar-refractivity contribution < 1.29 is 18.4 Å². The highest BCUT2D eigenvalue weighted by Gasteiger charge is 2.45. The van der Waals surface area contributed by atoms with Crippen LogP contribution in [0.25, 0.3) is 0 Å². The summed E-state index contributed by atoms with van der Waals surface area (Å²) in [4.78, 5) is 23.9. The van der Waals surface area contributed by atoms with Crippen LogP contribution in [0.5, 0.6) is 0 Å². The molecule has 2 aliphatic rings. The minimum Gasteiger partial charge on any atom is -0.351 e. The summed E-state index contributed by atoms with van der Waals surface area (Å²) in [6, 6.07) is 6.92. The predicted octanol–water partition coefficient (Wildman–Crippen LogP) is 3.96. The number of carbonyl (C=O) groups excluding carboxylic acids is 2. The van der Waals surface area contributed by atoms with Crippen LogP contribution in [-0.4, -0.2) is 18.4 Å². The summed E-state index contributed by atoms with van der Waals surface area (Å²) in [6.45, 7) is 0.296. The van der Waals surface area contributed by atoms with Gasteiger partial charge in [-0.25, -0.2) is 8.78 Å². The Balaban J connectivity index is 1.51. The molecule has 1 aliphatic heterocycles. The van der Waals surface area contributed by atoms with Gasteiger partial charge in [0.1, 0.15) is 11.6 Å². The summed E-state index contributed by atoms with van der Waals surface area (Å²) in [5.41, 5.74) is 1.56. The molecule has 1 saturated carbocycles. The molecule has 4 nitrogen and oxygen atoms in total. The molecule has 27 heavy (non-hydrogen) atoms. The fourth-order valence-electron chi connectivity index (χ4n) is 3.53. The van der Waals surface area contributed by atoms with Gasteiger partial charge in [-0.15, -0.1) is 0 Å². The molecule has 0 radical (unpaired) electrons. The van der Waals surface area contributed by atoms with E-state index in [1.165, 1.54) is 24.3 Å². The first-order valence-electron chi connectivity index (χ1n) is 8.74.